The molecule has 1 fully saturated rings. The third-order valence-electron chi connectivity index (χ3n) is 3.22. The summed E-state index contributed by atoms with van der Waals surface area (Å²) in [7, 11) is -0.223. The average molecular weight is 292 g/mol. The van der Waals surface area contributed by atoms with E-state index in [2.05, 4.69) is 52.0 Å². The Morgan fingerprint density at radius 1 is 1.10 bits per heavy atom. The molecule has 1 unspecified atom stereocenters. The molecular weight excluding hydrogens is 259 g/mol. The molecule has 0 saturated carbocycles. The summed E-state index contributed by atoms with van der Waals surface area (Å²) in [5, 5.41) is 0. The SMILES string of the molecule is CC.CC.CCc1ccc(B2OC(C)CC(C)(C)O2)cc1. The minimum absolute atomic E-state index is 0.105. The van der Waals surface area contributed by atoms with Crippen molar-refractivity contribution in [2.45, 2.75) is 79.9 Å². The zero-order chi connectivity index (χ0) is 16.5. The van der Waals surface area contributed by atoms with E-state index in [1.54, 1.807) is 0 Å². The van der Waals surface area contributed by atoms with Crippen LogP contribution >= 0.6 is 0 Å². The van der Waals surface area contributed by atoms with Crippen LogP contribution in [0.25, 0.3) is 0 Å². The molecule has 3 heteroatoms. The van der Waals surface area contributed by atoms with Crippen LogP contribution in [0.5, 0.6) is 0 Å². The molecule has 2 nitrogen and oxygen atoms in total. The Kier molecular flexibility index (Phi) is 9.64. The fourth-order valence-corrected chi connectivity index (χ4v) is 2.37. The van der Waals surface area contributed by atoms with E-state index in [0.29, 0.717) is 0 Å². The van der Waals surface area contributed by atoms with E-state index >= 15 is 0 Å². The summed E-state index contributed by atoms with van der Waals surface area (Å²) in [6.07, 6.45) is 2.25. The van der Waals surface area contributed by atoms with Crippen LogP contribution in [0.1, 0.15) is 67.4 Å². The quantitative estimate of drug-likeness (QED) is 0.742. The second-order valence-corrected chi connectivity index (χ2v) is 5.46. The number of hydrogen-bond donors (Lipinski definition) is 0. The molecule has 0 N–H and O–H groups in total. The maximum absolute atomic E-state index is 5.98. The lowest BCUT2D eigenvalue weighted by Crippen LogP contribution is -2.51. The minimum Gasteiger partial charge on any atom is -0.405 e. The zero-order valence-corrected chi connectivity index (χ0v) is 15.2. The van der Waals surface area contributed by atoms with Gasteiger partial charge in [-0.15, -0.1) is 0 Å². The standard InChI is InChI=1S/C14H21BO2.2C2H6/c1-5-12-6-8-13(9-7-12)15-16-11(2)10-14(3,4)17-15;2*1-2/h6-9,11H,5,10H2,1-4H3;2*1-2H3. The van der Waals surface area contributed by atoms with Crippen molar-refractivity contribution in [2.75, 3.05) is 0 Å². The van der Waals surface area contributed by atoms with Gasteiger partial charge >= 0.3 is 7.12 Å². The summed E-state index contributed by atoms with van der Waals surface area (Å²) in [4.78, 5) is 0. The molecular formula is C18H33BO2. The van der Waals surface area contributed by atoms with Crippen molar-refractivity contribution >= 4 is 12.6 Å². The number of benzene rings is 1. The molecule has 0 spiro atoms. The van der Waals surface area contributed by atoms with Gasteiger partial charge in [-0.05, 0) is 44.6 Å². The lowest BCUT2D eigenvalue weighted by Gasteiger charge is -2.38. The normalized spacial score (nSPS) is 19.8. The Bertz CT molecular complexity index is 373. The van der Waals surface area contributed by atoms with Crippen molar-refractivity contribution in [3.05, 3.63) is 29.8 Å². The van der Waals surface area contributed by atoms with Crippen molar-refractivity contribution in [3.63, 3.8) is 0 Å². The maximum atomic E-state index is 5.98. The molecule has 21 heavy (non-hydrogen) atoms. The van der Waals surface area contributed by atoms with Gasteiger partial charge in [-0.3, -0.25) is 0 Å². The van der Waals surface area contributed by atoms with Crippen LogP contribution in [0.4, 0.5) is 0 Å². The molecule has 0 aromatic heterocycles. The summed E-state index contributed by atoms with van der Waals surface area (Å²) in [5.74, 6) is 0. The Morgan fingerprint density at radius 2 is 1.62 bits per heavy atom. The highest BCUT2D eigenvalue weighted by Gasteiger charge is 2.37. The fraction of sp³-hybridized carbons (Fsp3) is 0.667. The molecule has 0 bridgehead atoms. The number of hydrogen-bond acceptors (Lipinski definition) is 2. The average Bonchev–Trinajstić information content (AvgIpc) is 2.49. The second-order valence-electron chi connectivity index (χ2n) is 5.46. The topological polar surface area (TPSA) is 18.5 Å². The minimum atomic E-state index is -0.223. The first kappa shape index (κ1) is 20.2. The highest BCUT2D eigenvalue weighted by atomic mass is 16.6. The summed E-state index contributed by atoms with van der Waals surface area (Å²) in [6.45, 7) is 16.5. The van der Waals surface area contributed by atoms with E-state index in [1.165, 1.54) is 5.56 Å². The fourth-order valence-electron chi connectivity index (χ4n) is 2.37. The third kappa shape index (κ3) is 6.67. The highest BCUT2D eigenvalue weighted by Crippen LogP contribution is 2.25. The monoisotopic (exact) mass is 292 g/mol. The molecule has 1 aromatic rings. The molecule has 0 amide bonds. The van der Waals surface area contributed by atoms with Gasteiger partial charge < -0.3 is 9.31 Å². The van der Waals surface area contributed by atoms with Crippen LogP contribution < -0.4 is 5.46 Å². The van der Waals surface area contributed by atoms with Crippen LogP contribution in [0, 0.1) is 0 Å². The molecule has 120 valence electrons. The Hall–Kier alpha value is -0.795. The molecule has 1 aromatic carbocycles. The van der Waals surface area contributed by atoms with Gasteiger partial charge in [-0.1, -0.05) is 58.9 Å². The van der Waals surface area contributed by atoms with E-state index in [1.807, 2.05) is 27.7 Å². The molecule has 1 saturated heterocycles. The van der Waals surface area contributed by atoms with Gasteiger partial charge in [0, 0.05) is 6.10 Å². The highest BCUT2D eigenvalue weighted by molar-refractivity contribution is 6.61. The van der Waals surface area contributed by atoms with Crippen LogP contribution in [0.15, 0.2) is 24.3 Å². The van der Waals surface area contributed by atoms with Gasteiger partial charge in [0.25, 0.3) is 0 Å². The lowest BCUT2D eigenvalue weighted by atomic mass is 9.74. The third-order valence-corrected chi connectivity index (χ3v) is 3.22. The van der Waals surface area contributed by atoms with Gasteiger partial charge in [0.15, 0.2) is 0 Å². The van der Waals surface area contributed by atoms with Gasteiger partial charge in [0.2, 0.25) is 0 Å². The molecule has 1 aliphatic heterocycles. The van der Waals surface area contributed by atoms with Gasteiger partial charge in [-0.2, -0.15) is 0 Å². The predicted molar refractivity (Wildman–Crippen MR) is 94.2 cm³/mol. The molecule has 1 atom stereocenters. The van der Waals surface area contributed by atoms with Gasteiger partial charge in [0.05, 0.1) is 5.60 Å². The second kappa shape index (κ2) is 10.0. The van der Waals surface area contributed by atoms with Crippen molar-refractivity contribution in [1.29, 1.82) is 0 Å². The van der Waals surface area contributed by atoms with Gasteiger partial charge in [-0.25, -0.2) is 0 Å². The molecule has 1 heterocycles. The van der Waals surface area contributed by atoms with E-state index in [4.69, 9.17) is 9.31 Å². The summed E-state index contributed by atoms with van der Waals surface area (Å²) in [6, 6.07) is 8.51. The van der Waals surface area contributed by atoms with Crippen molar-refractivity contribution in [3.8, 4) is 0 Å². The first-order valence-electron chi connectivity index (χ1n) is 8.42. The Balaban J connectivity index is 0.000000921. The van der Waals surface area contributed by atoms with Crippen molar-refractivity contribution < 1.29 is 9.31 Å². The molecule has 2 rings (SSSR count). The van der Waals surface area contributed by atoms with Crippen molar-refractivity contribution in [2.24, 2.45) is 0 Å². The number of aryl methyl sites for hydroxylation is 1. The summed E-state index contributed by atoms with van der Waals surface area (Å²) in [5.41, 5.74) is 2.35. The molecule has 0 aliphatic carbocycles. The largest absolute Gasteiger partial charge is 0.494 e. The van der Waals surface area contributed by atoms with E-state index in [0.717, 1.165) is 18.3 Å². The predicted octanol–water partition coefficient (Wildman–Crippen LogP) is 4.60. The van der Waals surface area contributed by atoms with Crippen LogP contribution in [0.2, 0.25) is 0 Å². The lowest BCUT2D eigenvalue weighted by molar-refractivity contribution is -0.0229. The first-order valence-corrected chi connectivity index (χ1v) is 8.42. The zero-order valence-electron chi connectivity index (χ0n) is 15.2. The van der Waals surface area contributed by atoms with E-state index in [-0.39, 0.29) is 18.8 Å². The van der Waals surface area contributed by atoms with Crippen LogP contribution in [-0.4, -0.2) is 18.8 Å². The van der Waals surface area contributed by atoms with Crippen LogP contribution in [-0.2, 0) is 15.7 Å². The van der Waals surface area contributed by atoms with Crippen molar-refractivity contribution in [1.82, 2.24) is 0 Å². The Labute approximate surface area is 132 Å². The van der Waals surface area contributed by atoms with E-state index < -0.39 is 0 Å². The summed E-state index contributed by atoms with van der Waals surface area (Å²) >= 11 is 0. The van der Waals surface area contributed by atoms with Crippen LogP contribution in [0.3, 0.4) is 0 Å². The molecule has 1 aliphatic rings. The number of rotatable bonds is 2. The van der Waals surface area contributed by atoms with E-state index in [9.17, 15) is 0 Å². The van der Waals surface area contributed by atoms with Gasteiger partial charge in [0.1, 0.15) is 0 Å². The Morgan fingerprint density at radius 3 is 2.05 bits per heavy atom. The molecule has 0 radical (unpaired) electrons. The summed E-state index contributed by atoms with van der Waals surface area (Å²) < 4.78 is 11.8. The maximum Gasteiger partial charge on any atom is 0.494 e. The smallest absolute Gasteiger partial charge is 0.405 e. The first-order chi connectivity index (χ1) is 10.00.